The summed E-state index contributed by atoms with van der Waals surface area (Å²) in [7, 11) is 1.75. The van der Waals surface area contributed by atoms with Gasteiger partial charge in [0.25, 0.3) is 0 Å². The number of likely N-dealkylation sites (tertiary alicyclic amines) is 1. The fraction of sp³-hybridized carbons (Fsp3) is 0.333. The minimum atomic E-state index is -1.01. The second-order valence-electron chi connectivity index (χ2n) is 8.52. The molecule has 3 aromatic rings. The van der Waals surface area contributed by atoms with E-state index in [1.54, 1.807) is 11.9 Å². The Morgan fingerprint density at radius 2 is 1.73 bits per heavy atom. The van der Waals surface area contributed by atoms with Gasteiger partial charge < -0.3 is 14.7 Å². The molecule has 0 radical (unpaired) electrons. The molecule has 1 saturated heterocycles. The number of carbonyl (C=O) groups is 2. The van der Waals surface area contributed by atoms with E-state index in [-0.39, 0.29) is 12.5 Å². The van der Waals surface area contributed by atoms with Crippen LogP contribution >= 0.6 is 0 Å². The van der Waals surface area contributed by atoms with E-state index < -0.39 is 18.4 Å². The van der Waals surface area contributed by atoms with Gasteiger partial charge in [-0.2, -0.15) is 0 Å². The maximum Gasteiger partial charge on any atom is 0.412 e. The Kier molecular flexibility index (Phi) is 7.25. The summed E-state index contributed by atoms with van der Waals surface area (Å²) in [4.78, 5) is 28.6. The Morgan fingerprint density at radius 1 is 1.00 bits per heavy atom. The zero-order chi connectivity index (χ0) is 23.2. The molecular formula is C27H30N2O4. The number of benzene rings is 3. The summed E-state index contributed by atoms with van der Waals surface area (Å²) < 4.78 is 5.38. The van der Waals surface area contributed by atoms with Crippen LogP contribution in [-0.2, 0) is 22.6 Å². The molecular weight excluding hydrogens is 416 g/mol. The SMILES string of the molecule is CN(CCCc1cccc2ccccc12)C(=O)[C@@H]1CCC(O)N1C(=O)OCc1ccccc1. The normalized spacial score (nSPS) is 17.8. The number of aliphatic hydroxyl groups excluding tert-OH is 1. The van der Waals surface area contributed by atoms with Gasteiger partial charge in [0, 0.05) is 13.6 Å². The Bertz CT molecular complexity index is 1100. The highest BCUT2D eigenvalue weighted by Crippen LogP contribution is 2.26. The van der Waals surface area contributed by atoms with E-state index >= 15 is 0 Å². The molecule has 0 spiro atoms. The van der Waals surface area contributed by atoms with Crippen molar-refractivity contribution in [2.45, 2.75) is 44.6 Å². The van der Waals surface area contributed by atoms with Crippen molar-refractivity contribution in [2.24, 2.45) is 0 Å². The molecule has 2 atom stereocenters. The lowest BCUT2D eigenvalue weighted by atomic mass is 10.0. The van der Waals surface area contributed by atoms with Crippen LogP contribution in [-0.4, -0.2) is 52.8 Å². The maximum atomic E-state index is 13.1. The largest absolute Gasteiger partial charge is 0.444 e. The average Bonchev–Trinajstić information content (AvgIpc) is 3.24. The van der Waals surface area contributed by atoms with E-state index in [1.807, 2.05) is 42.5 Å². The molecule has 0 saturated carbocycles. The number of fused-ring (bicyclic) bond motifs is 1. The van der Waals surface area contributed by atoms with E-state index in [1.165, 1.54) is 21.2 Å². The van der Waals surface area contributed by atoms with Crippen LogP contribution in [0.5, 0.6) is 0 Å². The number of nitrogens with zero attached hydrogens (tertiary/aromatic N) is 2. The van der Waals surface area contributed by atoms with Gasteiger partial charge in [0.05, 0.1) is 0 Å². The van der Waals surface area contributed by atoms with E-state index in [0.717, 1.165) is 18.4 Å². The molecule has 1 N–H and O–H groups in total. The third-order valence-electron chi connectivity index (χ3n) is 6.25. The Labute approximate surface area is 194 Å². The number of hydrogen-bond donors (Lipinski definition) is 1. The van der Waals surface area contributed by atoms with Crippen LogP contribution in [0.15, 0.2) is 72.8 Å². The number of aliphatic hydroxyl groups is 1. The highest BCUT2D eigenvalue weighted by Gasteiger charge is 2.42. The molecule has 4 rings (SSSR count). The van der Waals surface area contributed by atoms with Gasteiger partial charge in [0.2, 0.25) is 5.91 Å². The second-order valence-corrected chi connectivity index (χ2v) is 8.52. The van der Waals surface area contributed by atoms with Crippen LogP contribution in [0.25, 0.3) is 10.8 Å². The van der Waals surface area contributed by atoms with E-state index in [4.69, 9.17) is 4.74 Å². The number of amides is 2. The number of aryl methyl sites for hydroxylation is 1. The number of carbonyl (C=O) groups excluding carboxylic acids is 2. The summed E-state index contributed by atoms with van der Waals surface area (Å²) in [6.45, 7) is 0.673. The molecule has 1 heterocycles. The second kappa shape index (κ2) is 10.5. The van der Waals surface area contributed by atoms with Crippen molar-refractivity contribution in [3.05, 3.63) is 83.9 Å². The molecule has 1 aliphatic rings. The van der Waals surface area contributed by atoms with Crippen LogP contribution in [0.4, 0.5) is 4.79 Å². The molecule has 1 unspecified atom stereocenters. The van der Waals surface area contributed by atoms with Gasteiger partial charge in [0.1, 0.15) is 18.9 Å². The monoisotopic (exact) mass is 446 g/mol. The van der Waals surface area contributed by atoms with Crippen LogP contribution in [0.1, 0.15) is 30.4 Å². The standard InChI is InChI=1S/C27H30N2O4/c1-28(18-8-14-22-13-7-12-21-11-5-6-15-23(21)22)26(31)24-16-17-25(30)29(24)27(32)33-19-20-9-3-2-4-10-20/h2-7,9-13,15,24-25,30H,8,14,16-19H2,1H3/t24-,25?/m0/s1. The number of hydrogen-bond acceptors (Lipinski definition) is 4. The molecule has 0 bridgehead atoms. The number of likely N-dealkylation sites (N-methyl/N-ethyl adjacent to an activating group) is 1. The molecule has 0 aromatic heterocycles. The number of rotatable bonds is 7. The Balaban J connectivity index is 1.33. The first-order valence-electron chi connectivity index (χ1n) is 11.4. The van der Waals surface area contributed by atoms with Crippen molar-refractivity contribution in [1.82, 2.24) is 9.80 Å². The van der Waals surface area contributed by atoms with Crippen molar-refractivity contribution in [3.63, 3.8) is 0 Å². The maximum absolute atomic E-state index is 13.1. The van der Waals surface area contributed by atoms with E-state index in [0.29, 0.717) is 19.4 Å². The average molecular weight is 447 g/mol. The summed E-state index contributed by atoms with van der Waals surface area (Å²) in [5, 5.41) is 12.8. The lowest BCUT2D eigenvalue weighted by molar-refractivity contribution is -0.136. The smallest absolute Gasteiger partial charge is 0.412 e. The summed E-state index contributed by atoms with van der Waals surface area (Å²) in [5.41, 5.74) is 2.12. The van der Waals surface area contributed by atoms with Gasteiger partial charge in [-0.25, -0.2) is 4.79 Å². The summed E-state index contributed by atoms with van der Waals surface area (Å²) in [5.74, 6) is -0.166. The molecule has 1 fully saturated rings. The fourth-order valence-corrected chi connectivity index (χ4v) is 4.46. The quantitative estimate of drug-likeness (QED) is 0.586. The predicted molar refractivity (Wildman–Crippen MR) is 127 cm³/mol. The van der Waals surface area contributed by atoms with Crippen molar-refractivity contribution in [1.29, 1.82) is 0 Å². The topological polar surface area (TPSA) is 70.1 Å². The summed E-state index contributed by atoms with van der Waals surface area (Å²) >= 11 is 0. The molecule has 172 valence electrons. The first-order valence-corrected chi connectivity index (χ1v) is 11.4. The van der Waals surface area contributed by atoms with Gasteiger partial charge in [-0.15, -0.1) is 0 Å². The zero-order valence-electron chi connectivity index (χ0n) is 18.9. The molecule has 1 aliphatic heterocycles. The van der Waals surface area contributed by atoms with Crippen molar-refractivity contribution in [3.8, 4) is 0 Å². The highest BCUT2D eigenvalue weighted by atomic mass is 16.6. The van der Waals surface area contributed by atoms with Gasteiger partial charge in [-0.3, -0.25) is 9.69 Å². The predicted octanol–water partition coefficient (Wildman–Crippen LogP) is 4.35. The third kappa shape index (κ3) is 5.34. The molecule has 3 aromatic carbocycles. The molecule has 0 aliphatic carbocycles. The van der Waals surface area contributed by atoms with Crippen molar-refractivity contribution < 1.29 is 19.4 Å². The summed E-state index contributed by atoms with van der Waals surface area (Å²) in [6, 6.07) is 23.2. The van der Waals surface area contributed by atoms with E-state index in [9.17, 15) is 14.7 Å². The van der Waals surface area contributed by atoms with Crippen molar-refractivity contribution in [2.75, 3.05) is 13.6 Å². The van der Waals surface area contributed by atoms with Gasteiger partial charge in [-0.1, -0.05) is 72.8 Å². The number of ether oxygens (including phenoxy) is 1. The molecule has 33 heavy (non-hydrogen) atoms. The zero-order valence-corrected chi connectivity index (χ0v) is 18.9. The lowest BCUT2D eigenvalue weighted by Gasteiger charge is -2.29. The van der Waals surface area contributed by atoms with E-state index in [2.05, 4.69) is 30.3 Å². The molecule has 2 amide bonds. The first-order chi connectivity index (χ1) is 16.0. The third-order valence-corrected chi connectivity index (χ3v) is 6.25. The van der Waals surface area contributed by atoms with Gasteiger partial charge in [0.15, 0.2) is 0 Å². The minimum Gasteiger partial charge on any atom is -0.444 e. The highest BCUT2D eigenvalue weighted by molar-refractivity contribution is 5.87. The van der Waals surface area contributed by atoms with Crippen LogP contribution < -0.4 is 0 Å². The first kappa shape index (κ1) is 22.8. The van der Waals surface area contributed by atoms with Crippen LogP contribution in [0, 0.1) is 0 Å². The minimum absolute atomic E-state index is 0.102. The molecule has 6 nitrogen and oxygen atoms in total. The van der Waals surface area contributed by atoms with Gasteiger partial charge in [-0.05, 0) is 47.6 Å². The fourth-order valence-electron chi connectivity index (χ4n) is 4.46. The Hall–Kier alpha value is -3.38. The lowest BCUT2D eigenvalue weighted by Crippen LogP contribution is -2.49. The van der Waals surface area contributed by atoms with Crippen LogP contribution in [0.2, 0.25) is 0 Å². The van der Waals surface area contributed by atoms with Crippen molar-refractivity contribution >= 4 is 22.8 Å². The molecule has 6 heteroatoms. The van der Waals surface area contributed by atoms with Crippen LogP contribution in [0.3, 0.4) is 0 Å². The van der Waals surface area contributed by atoms with Gasteiger partial charge >= 0.3 is 6.09 Å². The Morgan fingerprint density at radius 3 is 2.55 bits per heavy atom. The summed E-state index contributed by atoms with van der Waals surface area (Å²) in [6.07, 6.45) is 0.783.